The van der Waals surface area contributed by atoms with E-state index in [-0.39, 0.29) is 0 Å². The fraction of sp³-hybridized carbons (Fsp3) is 1.00. The highest BCUT2D eigenvalue weighted by molar-refractivity contribution is 4.87. The lowest BCUT2D eigenvalue weighted by atomic mass is 10.0. The molecule has 2 unspecified atom stereocenters. The minimum atomic E-state index is 0.495. The molecule has 3 heteroatoms. The highest BCUT2D eigenvalue weighted by atomic mass is 16.5. The number of nitrogens with zero attached hydrogens (tertiary/aromatic N) is 1. The molecule has 2 rings (SSSR count). The van der Waals surface area contributed by atoms with Gasteiger partial charge in [0.25, 0.3) is 0 Å². The SMILES string of the molecule is CCC.CN1CCOC2CCNCC21. The molecule has 2 aliphatic rings. The van der Waals surface area contributed by atoms with Gasteiger partial charge in [0.1, 0.15) is 0 Å². The number of hydrogen-bond donors (Lipinski definition) is 1. The predicted molar refractivity (Wildman–Crippen MR) is 59.6 cm³/mol. The Morgan fingerprint density at radius 3 is 2.79 bits per heavy atom. The van der Waals surface area contributed by atoms with Gasteiger partial charge in [0.05, 0.1) is 12.7 Å². The smallest absolute Gasteiger partial charge is 0.0755 e. The van der Waals surface area contributed by atoms with E-state index in [0.29, 0.717) is 12.1 Å². The van der Waals surface area contributed by atoms with Crippen molar-refractivity contribution in [2.45, 2.75) is 38.8 Å². The van der Waals surface area contributed by atoms with Crippen LogP contribution in [0.3, 0.4) is 0 Å². The van der Waals surface area contributed by atoms with Crippen molar-refractivity contribution in [3.05, 3.63) is 0 Å². The molecule has 2 saturated heterocycles. The van der Waals surface area contributed by atoms with Gasteiger partial charge >= 0.3 is 0 Å². The van der Waals surface area contributed by atoms with Gasteiger partial charge in [-0.1, -0.05) is 20.3 Å². The van der Waals surface area contributed by atoms with Crippen LogP contribution in [-0.2, 0) is 4.74 Å². The van der Waals surface area contributed by atoms with Crippen LogP contribution in [-0.4, -0.2) is 50.3 Å². The molecule has 1 N–H and O–H groups in total. The first kappa shape index (κ1) is 12.0. The molecule has 0 radical (unpaired) electrons. The van der Waals surface area contributed by atoms with Crippen molar-refractivity contribution in [2.75, 3.05) is 33.3 Å². The van der Waals surface area contributed by atoms with Crippen LogP contribution in [0.15, 0.2) is 0 Å². The maximum absolute atomic E-state index is 5.67. The Morgan fingerprint density at radius 2 is 2.14 bits per heavy atom. The van der Waals surface area contributed by atoms with Gasteiger partial charge < -0.3 is 10.1 Å². The summed E-state index contributed by atoms with van der Waals surface area (Å²) < 4.78 is 5.67. The summed E-state index contributed by atoms with van der Waals surface area (Å²) in [5.74, 6) is 0. The van der Waals surface area contributed by atoms with Crippen molar-refractivity contribution in [1.29, 1.82) is 0 Å². The van der Waals surface area contributed by atoms with E-state index in [4.69, 9.17) is 4.74 Å². The first-order valence-corrected chi connectivity index (χ1v) is 5.82. The summed E-state index contributed by atoms with van der Waals surface area (Å²) in [4.78, 5) is 2.40. The van der Waals surface area contributed by atoms with E-state index < -0.39 is 0 Å². The highest BCUT2D eigenvalue weighted by Crippen LogP contribution is 2.17. The summed E-state index contributed by atoms with van der Waals surface area (Å²) >= 11 is 0. The van der Waals surface area contributed by atoms with Gasteiger partial charge in [0, 0.05) is 19.1 Å². The van der Waals surface area contributed by atoms with E-state index in [0.717, 1.165) is 26.2 Å². The van der Waals surface area contributed by atoms with Gasteiger partial charge in [0.2, 0.25) is 0 Å². The Bertz CT molecular complexity index is 150. The van der Waals surface area contributed by atoms with Gasteiger partial charge in [-0.05, 0) is 20.0 Å². The lowest BCUT2D eigenvalue weighted by Gasteiger charge is -2.42. The van der Waals surface area contributed by atoms with Crippen molar-refractivity contribution >= 4 is 0 Å². The van der Waals surface area contributed by atoms with Crippen molar-refractivity contribution in [3.63, 3.8) is 0 Å². The third-order valence-electron chi connectivity index (χ3n) is 2.73. The average molecular weight is 200 g/mol. The molecule has 0 bridgehead atoms. The Hall–Kier alpha value is -0.120. The Kier molecular flexibility index (Phi) is 5.45. The zero-order valence-electron chi connectivity index (χ0n) is 9.75. The first-order chi connectivity index (χ1) is 6.79. The molecule has 2 atom stereocenters. The third-order valence-corrected chi connectivity index (χ3v) is 2.73. The number of fused-ring (bicyclic) bond motifs is 1. The number of nitrogens with one attached hydrogen (secondary N) is 1. The fourth-order valence-corrected chi connectivity index (χ4v) is 1.97. The first-order valence-electron chi connectivity index (χ1n) is 5.82. The molecule has 2 heterocycles. The van der Waals surface area contributed by atoms with Crippen molar-refractivity contribution in [3.8, 4) is 0 Å². The number of piperidine rings is 1. The minimum absolute atomic E-state index is 0.495. The molecule has 0 aliphatic carbocycles. The lowest BCUT2D eigenvalue weighted by Crippen LogP contribution is -2.57. The summed E-state index contributed by atoms with van der Waals surface area (Å²) in [6.45, 7) is 8.47. The van der Waals surface area contributed by atoms with E-state index >= 15 is 0 Å². The molecule has 0 saturated carbocycles. The maximum atomic E-state index is 5.67. The molecule has 2 aliphatic heterocycles. The summed E-state index contributed by atoms with van der Waals surface area (Å²) in [7, 11) is 2.19. The quantitative estimate of drug-likeness (QED) is 0.633. The van der Waals surface area contributed by atoms with E-state index in [2.05, 4.69) is 31.1 Å². The summed E-state index contributed by atoms with van der Waals surface area (Å²) in [6.07, 6.45) is 2.92. The van der Waals surface area contributed by atoms with Gasteiger partial charge in [0.15, 0.2) is 0 Å². The van der Waals surface area contributed by atoms with E-state index in [1.165, 1.54) is 12.8 Å². The standard InChI is InChI=1S/C8H16N2O.C3H8/c1-10-4-5-11-8-2-3-9-6-7(8)10;1-3-2/h7-9H,2-6H2,1H3;3H2,1-2H3. The predicted octanol–water partition coefficient (Wildman–Crippen LogP) is 1.10. The van der Waals surface area contributed by atoms with Gasteiger partial charge in [-0.15, -0.1) is 0 Å². The number of morpholine rings is 1. The molecule has 2 fully saturated rings. The van der Waals surface area contributed by atoms with Crippen molar-refractivity contribution in [1.82, 2.24) is 10.2 Å². The van der Waals surface area contributed by atoms with Crippen LogP contribution in [0.25, 0.3) is 0 Å². The summed E-state index contributed by atoms with van der Waals surface area (Å²) in [5, 5.41) is 3.39. The van der Waals surface area contributed by atoms with Gasteiger partial charge in [-0.3, -0.25) is 4.90 Å². The molecule has 0 aromatic heterocycles. The van der Waals surface area contributed by atoms with Gasteiger partial charge in [-0.25, -0.2) is 0 Å². The van der Waals surface area contributed by atoms with E-state index in [9.17, 15) is 0 Å². The van der Waals surface area contributed by atoms with Crippen LogP contribution in [0.5, 0.6) is 0 Å². The molecular formula is C11H24N2O. The molecule has 0 spiro atoms. The van der Waals surface area contributed by atoms with Crippen LogP contribution >= 0.6 is 0 Å². The third kappa shape index (κ3) is 3.23. The fourth-order valence-electron chi connectivity index (χ4n) is 1.97. The zero-order chi connectivity index (χ0) is 10.4. The molecule has 0 amide bonds. The second kappa shape index (κ2) is 6.38. The van der Waals surface area contributed by atoms with E-state index in [1.54, 1.807) is 0 Å². The molecular weight excluding hydrogens is 176 g/mol. The normalized spacial score (nSPS) is 32.8. The van der Waals surface area contributed by atoms with E-state index in [1.807, 2.05) is 0 Å². The second-order valence-electron chi connectivity index (χ2n) is 4.16. The topological polar surface area (TPSA) is 24.5 Å². The largest absolute Gasteiger partial charge is 0.375 e. The average Bonchev–Trinajstić information content (AvgIpc) is 2.20. The maximum Gasteiger partial charge on any atom is 0.0755 e. The molecule has 3 nitrogen and oxygen atoms in total. The van der Waals surface area contributed by atoms with Crippen LogP contribution in [0.4, 0.5) is 0 Å². The summed E-state index contributed by atoms with van der Waals surface area (Å²) in [5.41, 5.74) is 0. The molecule has 0 aromatic carbocycles. The number of hydrogen-bond acceptors (Lipinski definition) is 3. The second-order valence-corrected chi connectivity index (χ2v) is 4.16. The number of ether oxygens (including phenoxy) is 1. The minimum Gasteiger partial charge on any atom is -0.375 e. The molecule has 0 aromatic rings. The number of likely N-dealkylation sites (N-methyl/N-ethyl adjacent to an activating group) is 1. The van der Waals surface area contributed by atoms with Crippen LogP contribution in [0.1, 0.15) is 26.7 Å². The van der Waals surface area contributed by atoms with Crippen molar-refractivity contribution < 1.29 is 4.74 Å². The zero-order valence-corrected chi connectivity index (χ0v) is 9.75. The number of rotatable bonds is 0. The van der Waals surface area contributed by atoms with Crippen LogP contribution < -0.4 is 5.32 Å². The van der Waals surface area contributed by atoms with Crippen molar-refractivity contribution in [2.24, 2.45) is 0 Å². The lowest BCUT2D eigenvalue weighted by molar-refractivity contribution is -0.0730. The Morgan fingerprint density at radius 1 is 1.43 bits per heavy atom. The van der Waals surface area contributed by atoms with Gasteiger partial charge in [-0.2, -0.15) is 0 Å². The molecule has 14 heavy (non-hydrogen) atoms. The summed E-state index contributed by atoms with van der Waals surface area (Å²) in [6, 6.07) is 0.623. The Balaban J connectivity index is 0.000000293. The van der Waals surface area contributed by atoms with Crippen LogP contribution in [0, 0.1) is 0 Å². The Labute approximate surface area is 87.8 Å². The monoisotopic (exact) mass is 200 g/mol. The molecule has 84 valence electrons. The highest BCUT2D eigenvalue weighted by Gasteiger charge is 2.31. The van der Waals surface area contributed by atoms with Crippen LogP contribution in [0.2, 0.25) is 0 Å².